The number of anilines is 1. The zero-order valence-corrected chi connectivity index (χ0v) is 20.7. The van der Waals surface area contributed by atoms with E-state index in [1.165, 1.54) is 59.6 Å². The van der Waals surface area contributed by atoms with Crippen LogP contribution in [0.5, 0.6) is 0 Å². The Balaban J connectivity index is 1.25. The number of sulfonamides is 1. The summed E-state index contributed by atoms with van der Waals surface area (Å²) in [5, 5.41) is 10.6. The molecule has 9 heteroatoms. The maximum atomic E-state index is 12.9. The molecule has 1 N–H and O–H groups in total. The normalized spacial score (nSPS) is 13.4. The third-order valence-electron chi connectivity index (χ3n) is 6.31. The number of hydrogen-bond acceptors (Lipinski definition) is 6. The van der Waals surface area contributed by atoms with Gasteiger partial charge in [-0.1, -0.05) is 41.5 Å². The molecule has 0 saturated carbocycles. The molecular weight excluding hydrogens is 476 g/mol. The van der Waals surface area contributed by atoms with E-state index in [1.807, 2.05) is 36.4 Å². The van der Waals surface area contributed by atoms with Crippen molar-refractivity contribution in [3.8, 4) is 11.5 Å². The van der Waals surface area contributed by atoms with Crippen molar-refractivity contribution < 1.29 is 17.6 Å². The summed E-state index contributed by atoms with van der Waals surface area (Å²) < 4.78 is 32.8. The summed E-state index contributed by atoms with van der Waals surface area (Å²) in [6.45, 7) is 0.245. The average Bonchev–Trinajstić information content (AvgIpc) is 3.37. The molecule has 8 nitrogen and oxygen atoms in total. The summed E-state index contributed by atoms with van der Waals surface area (Å²) in [4.78, 5) is 12.8. The molecule has 1 aliphatic carbocycles. The fraction of sp³-hybridized carbons (Fsp3) is 0.222. The Morgan fingerprint density at radius 3 is 2.42 bits per heavy atom. The van der Waals surface area contributed by atoms with Gasteiger partial charge in [-0.25, -0.2) is 8.42 Å². The zero-order valence-electron chi connectivity index (χ0n) is 19.8. The predicted octanol–water partition coefficient (Wildman–Crippen LogP) is 4.69. The van der Waals surface area contributed by atoms with Crippen molar-refractivity contribution in [1.29, 1.82) is 0 Å². The summed E-state index contributed by atoms with van der Waals surface area (Å²) in [6.07, 6.45) is 4.50. The monoisotopic (exact) mass is 502 g/mol. The summed E-state index contributed by atoms with van der Waals surface area (Å²) >= 11 is 0. The highest BCUT2D eigenvalue weighted by Crippen LogP contribution is 2.27. The van der Waals surface area contributed by atoms with Crippen molar-refractivity contribution >= 4 is 21.9 Å². The first-order valence-electron chi connectivity index (χ1n) is 11.8. The highest BCUT2D eigenvalue weighted by atomic mass is 32.2. The molecule has 0 fully saturated rings. The second-order valence-electron chi connectivity index (χ2n) is 8.83. The Bertz CT molecular complexity index is 1480. The highest BCUT2D eigenvalue weighted by Gasteiger charge is 2.22. The van der Waals surface area contributed by atoms with Gasteiger partial charge in [0.15, 0.2) is 0 Å². The van der Waals surface area contributed by atoms with Gasteiger partial charge in [0, 0.05) is 24.7 Å². The number of aromatic nitrogens is 2. The lowest BCUT2D eigenvalue weighted by Gasteiger charge is -2.17. The number of nitrogens with zero attached hydrogens (tertiary/aromatic N) is 3. The van der Waals surface area contributed by atoms with Gasteiger partial charge in [-0.15, -0.1) is 5.10 Å². The molecule has 3 aromatic carbocycles. The molecule has 4 aromatic rings. The third kappa shape index (κ3) is 5.07. The molecule has 1 heterocycles. The van der Waals surface area contributed by atoms with Crippen molar-refractivity contribution in [3.63, 3.8) is 0 Å². The maximum absolute atomic E-state index is 12.9. The topological polar surface area (TPSA) is 105 Å². The number of aryl methyl sites for hydroxylation is 2. The molecule has 184 valence electrons. The van der Waals surface area contributed by atoms with E-state index in [1.54, 1.807) is 0 Å². The summed E-state index contributed by atoms with van der Waals surface area (Å²) in [7, 11) is -2.19. The van der Waals surface area contributed by atoms with Crippen LogP contribution in [0.1, 0.15) is 39.9 Å². The number of carbonyl (C=O) groups excluding carboxylic acids is 1. The van der Waals surface area contributed by atoms with Gasteiger partial charge in [-0.2, -0.15) is 4.31 Å². The van der Waals surface area contributed by atoms with Crippen LogP contribution in [-0.2, 0) is 29.4 Å². The molecule has 0 unspecified atom stereocenters. The first-order chi connectivity index (χ1) is 17.4. The van der Waals surface area contributed by atoms with Crippen molar-refractivity contribution in [1.82, 2.24) is 14.5 Å². The Morgan fingerprint density at radius 2 is 1.67 bits per heavy atom. The van der Waals surface area contributed by atoms with Crippen molar-refractivity contribution in [2.45, 2.75) is 37.1 Å². The first kappa shape index (κ1) is 23.9. The number of rotatable bonds is 7. The average molecular weight is 503 g/mol. The molecule has 1 aliphatic rings. The minimum Gasteiger partial charge on any atom is -0.403 e. The molecule has 36 heavy (non-hydrogen) atoms. The molecule has 0 aliphatic heterocycles. The van der Waals surface area contributed by atoms with Gasteiger partial charge in [-0.05, 0) is 78.8 Å². The van der Waals surface area contributed by atoms with Crippen LogP contribution in [-0.4, -0.2) is 35.9 Å². The molecule has 0 bridgehead atoms. The van der Waals surface area contributed by atoms with Crippen LogP contribution in [0.2, 0.25) is 0 Å². The van der Waals surface area contributed by atoms with Gasteiger partial charge in [0.05, 0.1) is 4.90 Å². The van der Waals surface area contributed by atoms with E-state index in [9.17, 15) is 13.2 Å². The fourth-order valence-electron chi connectivity index (χ4n) is 4.31. The van der Waals surface area contributed by atoms with Gasteiger partial charge in [0.2, 0.25) is 15.9 Å². The Labute approximate surface area is 210 Å². The lowest BCUT2D eigenvalue weighted by Crippen LogP contribution is -2.26. The molecule has 0 spiro atoms. The van der Waals surface area contributed by atoms with Crippen LogP contribution in [0.4, 0.5) is 6.01 Å². The minimum atomic E-state index is -3.71. The minimum absolute atomic E-state index is 0.0213. The Kier molecular flexibility index (Phi) is 6.67. The van der Waals surface area contributed by atoms with Crippen molar-refractivity contribution in [2.75, 3.05) is 12.4 Å². The molecule has 0 saturated heterocycles. The summed E-state index contributed by atoms with van der Waals surface area (Å²) in [5.41, 5.74) is 4.63. The standard InChI is InChI=1S/C27H26N4O4S/c1-31(18-19-7-3-2-4-8-19)36(33,34)24-15-13-21(14-16-24)25(32)28-27-30-29-26(35-27)23-12-11-20-9-5-6-10-22(20)17-23/h2-4,7-8,11-17H,5-6,9-10,18H2,1H3,(H,28,30,32). The Morgan fingerprint density at radius 1 is 0.944 bits per heavy atom. The van der Waals surface area contributed by atoms with Gasteiger partial charge in [-0.3, -0.25) is 10.1 Å². The van der Waals surface area contributed by atoms with E-state index in [0.29, 0.717) is 5.89 Å². The molecular formula is C27H26N4O4S. The SMILES string of the molecule is CN(Cc1ccccc1)S(=O)(=O)c1ccc(C(=O)Nc2nnc(-c3ccc4c(c3)CCCC4)o2)cc1. The molecule has 0 atom stereocenters. The van der Waals surface area contributed by atoms with Crippen LogP contribution in [0, 0.1) is 0 Å². The van der Waals surface area contributed by atoms with Crippen molar-refractivity contribution in [3.05, 3.63) is 95.1 Å². The maximum Gasteiger partial charge on any atom is 0.322 e. The number of carbonyl (C=O) groups is 1. The predicted molar refractivity (Wildman–Crippen MR) is 136 cm³/mol. The number of nitrogens with one attached hydrogen (secondary N) is 1. The van der Waals surface area contributed by atoms with E-state index in [4.69, 9.17) is 4.42 Å². The first-order valence-corrected chi connectivity index (χ1v) is 13.2. The Hall–Kier alpha value is -3.82. The highest BCUT2D eigenvalue weighted by molar-refractivity contribution is 7.89. The quantitative estimate of drug-likeness (QED) is 0.393. The van der Waals surface area contributed by atoms with Crippen LogP contribution >= 0.6 is 0 Å². The van der Waals surface area contributed by atoms with E-state index < -0.39 is 15.9 Å². The smallest absolute Gasteiger partial charge is 0.322 e. The van der Waals surface area contributed by atoms with Gasteiger partial charge < -0.3 is 4.42 Å². The fourth-order valence-corrected chi connectivity index (χ4v) is 5.47. The van der Waals surface area contributed by atoms with Crippen LogP contribution < -0.4 is 5.32 Å². The molecule has 1 aromatic heterocycles. The number of benzene rings is 3. The van der Waals surface area contributed by atoms with Crippen molar-refractivity contribution in [2.24, 2.45) is 0 Å². The summed E-state index contributed by atoms with van der Waals surface area (Å²) in [6, 6.07) is 21.2. The van der Waals surface area contributed by atoms with Gasteiger partial charge in [0.25, 0.3) is 5.91 Å². The van der Waals surface area contributed by atoms with E-state index >= 15 is 0 Å². The van der Waals surface area contributed by atoms with Gasteiger partial charge >= 0.3 is 6.01 Å². The van der Waals surface area contributed by atoms with E-state index in [0.717, 1.165) is 24.0 Å². The van der Waals surface area contributed by atoms with Crippen LogP contribution in [0.15, 0.2) is 82.1 Å². The van der Waals surface area contributed by atoms with E-state index in [-0.39, 0.29) is 23.0 Å². The number of fused-ring (bicyclic) bond motifs is 1. The second kappa shape index (κ2) is 10.0. The van der Waals surface area contributed by atoms with E-state index in [2.05, 4.69) is 27.6 Å². The lowest BCUT2D eigenvalue weighted by molar-refractivity contribution is 0.102. The lowest BCUT2D eigenvalue weighted by atomic mass is 9.90. The zero-order chi connectivity index (χ0) is 25.1. The third-order valence-corrected chi connectivity index (χ3v) is 8.13. The van der Waals surface area contributed by atoms with Gasteiger partial charge in [0.1, 0.15) is 0 Å². The molecule has 0 radical (unpaired) electrons. The van der Waals surface area contributed by atoms with Crippen LogP contribution in [0.25, 0.3) is 11.5 Å². The second-order valence-corrected chi connectivity index (χ2v) is 10.9. The number of hydrogen-bond donors (Lipinski definition) is 1. The largest absolute Gasteiger partial charge is 0.403 e. The van der Waals surface area contributed by atoms with Crippen LogP contribution in [0.3, 0.4) is 0 Å². The number of amides is 1. The molecule has 5 rings (SSSR count). The molecule has 1 amide bonds. The summed E-state index contributed by atoms with van der Waals surface area (Å²) in [5.74, 6) is -0.140.